The van der Waals surface area contributed by atoms with E-state index < -0.39 is 0 Å². The lowest BCUT2D eigenvalue weighted by Crippen LogP contribution is -2.00. The highest BCUT2D eigenvalue weighted by Crippen LogP contribution is 2.36. The van der Waals surface area contributed by atoms with Crippen LogP contribution in [0, 0.1) is 6.92 Å². The van der Waals surface area contributed by atoms with Gasteiger partial charge in [-0.25, -0.2) is 15.0 Å². The zero-order valence-electron chi connectivity index (χ0n) is 15.2. The normalized spacial score (nSPS) is 10.8. The zero-order valence-corrected chi connectivity index (χ0v) is 16.1. The number of rotatable bonds is 5. The quantitative estimate of drug-likeness (QED) is 0.519. The number of fused-ring (bicyclic) bond motifs is 1. The highest BCUT2D eigenvalue weighted by Gasteiger charge is 2.11. The van der Waals surface area contributed by atoms with Crippen LogP contribution in [0.15, 0.2) is 64.8 Å². The van der Waals surface area contributed by atoms with Crippen LogP contribution in [0.5, 0.6) is 11.8 Å². The van der Waals surface area contributed by atoms with Crippen LogP contribution < -0.4 is 10.1 Å². The molecule has 0 aliphatic heterocycles. The second kappa shape index (κ2) is 7.69. The van der Waals surface area contributed by atoms with E-state index in [2.05, 4.69) is 43.5 Å². The second-order valence-corrected chi connectivity index (χ2v) is 7.15. The Morgan fingerprint density at radius 1 is 1.04 bits per heavy atom. The molecule has 0 radical (unpaired) electrons. The molecule has 140 valence electrons. The number of anilines is 2. The van der Waals surface area contributed by atoms with Gasteiger partial charge in [-0.15, -0.1) is 0 Å². The van der Waals surface area contributed by atoms with Gasteiger partial charge in [-0.1, -0.05) is 17.8 Å². The van der Waals surface area contributed by atoms with Gasteiger partial charge in [0, 0.05) is 16.0 Å². The van der Waals surface area contributed by atoms with Crippen LogP contribution >= 0.6 is 11.8 Å². The Hall–Kier alpha value is -3.39. The highest BCUT2D eigenvalue weighted by molar-refractivity contribution is 7.99. The molecule has 0 bridgehead atoms. The topological polar surface area (TPSA) is 93.0 Å². The van der Waals surface area contributed by atoms with E-state index in [0.29, 0.717) is 16.9 Å². The molecule has 2 N–H and O–H groups in total. The van der Waals surface area contributed by atoms with Crippen LogP contribution in [0.25, 0.3) is 11.0 Å². The summed E-state index contributed by atoms with van der Waals surface area (Å²) < 4.78 is 5.07. The fourth-order valence-electron chi connectivity index (χ4n) is 2.63. The number of nitrogens with one attached hydrogen (secondary N) is 1. The molecule has 4 rings (SSSR count). The first-order valence-electron chi connectivity index (χ1n) is 8.48. The molecule has 0 aliphatic rings. The first-order chi connectivity index (χ1) is 13.6. The first kappa shape index (κ1) is 18.0. The molecule has 8 heteroatoms. The summed E-state index contributed by atoms with van der Waals surface area (Å²) in [4.78, 5) is 19.0. The van der Waals surface area contributed by atoms with Crippen LogP contribution in [-0.2, 0) is 0 Å². The lowest BCUT2D eigenvalue weighted by molar-refractivity contribution is 0.381. The first-order valence-corrected chi connectivity index (χ1v) is 9.30. The average Bonchev–Trinajstić information content (AvgIpc) is 2.71. The summed E-state index contributed by atoms with van der Waals surface area (Å²) >= 11 is 1.59. The fraction of sp³-hybridized carbons (Fsp3) is 0.100. The van der Waals surface area contributed by atoms with E-state index >= 15 is 0 Å². The standard InChI is InChI=1S/C20H17N5O2S/c1-12-3-8-17(28-14-6-4-13(26)5-7-14)16(9-12)24-18-15-10-21-20(27-2)25-19(15)23-11-22-18/h3-11,26H,1-2H3,(H,21,22,23,24,25). The number of nitrogens with zero attached hydrogens (tertiary/aromatic N) is 4. The molecule has 2 heterocycles. The van der Waals surface area contributed by atoms with Gasteiger partial charge in [0.2, 0.25) is 0 Å². The highest BCUT2D eigenvalue weighted by atomic mass is 32.2. The Kier molecular flexibility index (Phi) is 4.94. The van der Waals surface area contributed by atoms with Gasteiger partial charge in [-0.05, 0) is 48.9 Å². The molecule has 0 fully saturated rings. The van der Waals surface area contributed by atoms with Crippen molar-refractivity contribution in [3.63, 3.8) is 0 Å². The molecular formula is C20H17N5O2S. The van der Waals surface area contributed by atoms with E-state index in [-0.39, 0.29) is 11.8 Å². The molecule has 2 aromatic carbocycles. The second-order valence-electron chi connectivity index (χ2n) is 6.04. The Bertz CT molecular complexity index is 1140. The van der Waals surface area contributed by atoms with Crippen molar-refractivity contribution in [2.75, 3.05) is 12.4 Å². The van der Waals surface area contributed by atoms with Crippen molar-refractivity contribution in [3.05, 3.63) is 60.6 Å². The number of phenols is 1. The third-order valence-electron chi connectivity index (χ3n) is 4.00. The number of methoxy groups -OCH3 is 1. The Labute approximate surface area is 165 Å². The molecule has 0 saturated heterocycles. The number of aryl methyl sites for hydroxylation is 1. The monoisotopic (exact) mass is 391 g/mol. The minimum Gasteiger partial charge on any atom is -0.508 e. The molecule has 4 aromatic rings. The molecule has 0 unspecified atom stereocenters. The molecule has 28 heavy (non-hydrogen) atoms. The van der Waals surface area contributed by atoms with Crippen LogP contribution in [0.4, 0.5) is 11.5 Å². The van der Waals surface area contributed by atoms with E-state index in [1.165, 1.54) is 13.4 Å². The van der Waals surface area contributed by atoms with Gasteiger partial charge in [0.25, 0.3) is 0 Å². The van der Waals surface area contributed by atoms with E-state index in [0.717, 1.165) is 21.0 Å². The summed E-state index contributed by atoms with van der Waals surface area (Å²) in [5, 5.41) is 13.6. The van der Waals surface area contributed by atoms with E-state index in [9.17, 15) is 5.11 Å². The fourth-order valence-corrected chi connectivity index (χ4v) is 3.51. The van der Waals surface area contributed by atoms with Crippen molar-refractivity contribution in [3.8, 4) is 11.8 Å². The molecular weight excluding hydrogens is 374 g/mol. The predicted molar refractivity (Wildman–Crippen MR) is 108 cm³/mol. The lowest BCUT2D eigenvalue weighted by Gasteiger charge is -2.13. The number of ether oxygens (including phenoxy) is 1. The van der Waals surface area contributed by atoms with Crippen LogP contribution in [-0.4, -0.2) is 32.2 Å². The molecule has 0 saturated carbocycles. The Balaban J connectivity index is 1.70. The van der Waals surface area contributed by atoms with Gasteiger partial charge in [0.05, 0.1) is 18.2 Å². The number of aromatic nitrogens is 4. The summed E-state index contributed by atoms with van der Waals surface area (Å²) in [6, 6.07) is 13.5. The van der Waals surface area contributed by atoms with Crippen molar-refractivity contribution >= 4 is 34.3 Å². The lowest BCUT2D eigenvalue weighted by atomic mass is 10.2. The average molecular weight is 391 g/mol. The number of benzene rings is 2. The smallest absolute Gasteiger partial charge is 0.318 e. The largest absolute Gasteiger partial charge is 0.508 e. The minimum atomic E-state index is 0.245. The predicted octanol–water partition coefficient (Wildman–Crippen LogP) is 4.34. The maximum atomic E-state index is 9.49. The Morgan fingerprint density at radius 3 is 2.64 bits per heavy atom. The van der Waals surface area contributed by atoms with Gasteiger partial charge in [0.1, 0.15) is 17.9 Å². The summed E-state index contributed by atoms with van der Waals surface area (Å²) in [6.45, 7) is 2.03. The molecule has 0 amide bonds. The van der Waals surface area contributed by atoms with Crippen LogP contribution in [0.2, 0.25) is 0 Å². The number of aromatic hydroxyl groups is 1. The number of phenolic OH excluding ortho intramolecular Hbond substituents is 1. The SMILES string of the molecule is COc1ncc2c(Nc3cc(C)ccc3Sc3ccc(O)cc3)ncnc2n1. The van der Waals surface area contributed by atoms with Gasteiger partial charge in [0.15, 0.2) is 5.65 Å². The van der Waals surface area contributed by atoms with Crippen molar-refractivity contribution in [1.82, 2.24) is 19.9 Å². The van der Waals surface area contributed by atoms with Crippen molar-refractivity contribution < 1.29 is 9.84 Å². The van der Waals surface area contributed by atoms with Crippen LogP contribution in [0.1, 0.15) is 5.56 Å². The molecule has 0 spiro atoms. The summed E-state index contributed by atoms with van der Waals surface area (Å²) in [7, 11) is 1.51. The summed E-state index contributed by atoms with van der Waals surface area (Å²) in [5.41, 5.74) is 2.53. The zero-order chi connectivity index (χ0) is 19.5. The third-order valence-corrected chi connectivity index (χ3v) is 5.09. The van der Waals surface area contributed by atoms with Gasteiger partial charge < -0.3 is 15.2 Å². The van der Waals surface area contributed by atoms with Gasteiger partial charge in [-0.3, -0.25) is 0 Å². The number of hydrogen-bond donors (Lipinski definition) is 2. The Morgan fingerprint density at radius 2 is 1.86 bits per heavy atom. The third kappa shape index (κ3) is 3.81. The molecule has 0 aliphatic carbocycles. The van der Waals surface area contributed by atoms with E-state index in [1.807, 2.05) is 19.1 Å². The van der Waals surface area contributed by atoms with Gasteiger partial charge in [-0.2, -0.15) is 4.98 Å². The van der Waals surface area contributed by atoms with Gasteiger partial charge >= 0.3 is 6.01 Å². The minimum absolute atomic E-state index is 0.245. The molecule has 2 aromatic heterocycles. The van der Waals surface area contributed by atoms with Crippen molar-refractivity contribution in [2.24, 2.45) is 0 Å². The molecule has 7 nitrogen and oxygen atoms in total. The molecule has 0 atom stereocenters. The van der Waals surface area contributed by atoms with E-state index in [1.54, 1.807) is 30.1 Å². The van der Waals surface area contributed by atoms with E-state index in [4.69, 9.17) is 4.74 Å². The summed E-state index contributed by atoms with van der Waals surface area (Å²) in [6.07, 6.45) is 3.10. The number of hydrogen-bond acceptors (Lipinski definition) is 8. The van der Waals surface area contributed by atoms with Crippen LogP contribution in [0.3, 0.4) is 0 Å². The van der Waals surface area contributed by atoms with Crippen molar-refractivity contribution in [1.29, 1.82) is 0 Å². The van der Waals surface area contributed by atoms with Crippen molar-refractivity contribution in [2.45, 2.75) is 16.7 Å². The maximum Gasteiger partial charge on any atom is 0.318 e. The maximum absolute atomic E-state index is 9.49. The summed E-state index contributed by atoms with van der Waals surface area (Å²) in [5.74, 6) is 0.861.